The van der Waals surface area contributed by atoms with Crippen LogP contribution in [0.1, 0.15) is 58.3 Å². The SMILES string of the molecule is Cc1cc(C)n(-c2nc3c(c(=O)n2-c2ccc(OC4CC(O)C4)cc2)C[C@@H](C)N(C(=O)c2ccc(Br)c(C(F)(F)F)c2)C3)n1. The highest BCUT2D eigenvalue weighted by molar-refractivity contribution is 9.10. The summed E-state index contributed by atoms with van der Waals surface area (Å²) in [5.74, 6) is 0.246. The second-order valence-electron chi connectivity index (χ2n) is 11.4. The van der Waals surface area contributed by atoms with Gasteiger partial charge in [-0.1, -0.05) is 15.9 Å². The number of alkyl halides is 3. The Labute approximate surface area is 259 Å². The molecule has 13 heteroatoms. The fraction of sp³-hybridized carbons (Fsp3) is 0.355. The number of aliphatic hydroxyl groups excluding tert-OH is 1. The number of carbonyl (C=O) groups excluding carboxylic acids is 1. The number of hydrogen-bond acceptors (Lipinski definition) is 6. The molecule has 0 radical (unpaired) electrons. The molecule has 1 saturated carbocycles. The van der Waals surface area contributed by atoms with E-state index >= 15 is 0 Å². The molecule has 1 amide bonds. The van der Waals surface area contributed by atoms with Gasteiger partial charge < -0.3 is 14.7 Å². The van der Waals surface area contributed by atoms with Crippen LogP contribution in [0.5, 0.6) is 5.75 Å². The van der Waals surface area contributed by atoms with Crippen molar-refractivity contribution in [2.75, 3.05) is 0 Å². The van der Waals surface area contributed by atoms with Crippen molar-refractivity contribution in [2.45, 2.75) is 71.0 Å². The Morgan fingerprint density at radius 2 is 1.80 bits per heavy atom. The zero-order valence-electron chi connectivity index (χ0n) is 24.1. The minimum atomic E-state index is -4.64. The van der Waals surface area contributed by atoms with Crippen molar-refractivity contribution in [1.29, 1.82) is 0 Å². The van der Waals surface area contributed by atoms with Gasteiger partial charge in [0.2, 0.25) is 5.95 Å². The maximum Gasteiger partial charge on any atom is 0.417 e. The van der Waals surface area contributed by atoms with Gasteiger partial charge in [0.25, 0.3) is 11.5 Å². The Kier molecular flexibility index (Phi) is 7.65. The summed E-state index contributed by atoms with van der Waals surface area (Å²) in [5, 5.41) is 14.1. The predicted octanol–water partition coefficient (Wildman–Crippen LogP) is 5.31. The molecule has 1 N–H and O–H groups in total. The number of benzene rings is 2. The Morgan fingerprint density at radius 1 is 1.09 bits per heavy atom. The van der Waals surface area contributed by atoms with Gasteiger partial charge in [0.1, 0.15) is 11.9 Å². The van der Waals surface area contributed by atoms with Crippen molar-refractivity contribution in [3.05, 3.63) is 97.1 Å². The van der Waals surface area contributed by atoms with Gasteiger partial charge in [0.15, 0.2) is 0 Å². The predicted molar refractivity (Wildman–Crippen MR) is 158 cm³/mol. The number of halogens is 4. The molecule has 0 unspecified atom stereocenters. The molecule has 2 aromatic heterocycles. The first-order chi connectivity index (χ1) is 20.8. The van der Waals surface area contributed by atoms with Crippen LogP contribution in [-0.2, 0) is 19.1 Å². The summed E-state index contributed by atoms with van der Waals surface area (Å²) in [6, 6.07) is 11.8. The lowest BCUT2D eigenvalue weighted by molar-refractivity contribution is -0.138. The van der Waals surface area contributed by atoms with Crippen molar-refractivity contribution < 1.29 is 27.8 Å². The minimum Gasteiger partial charge on any atom is -0.490 e. The third-order valence-electron chi connectivity index (χ3n) is 8.04. The summed E-state index contributed by atoms with van der Waals surface area (Å²) < 4.78 is 49.4. The molecular weight excluding hydrogens is 643 g/mol. The van der Waals surface area contributed by atoms with E-state index in [-0.39, 0.29) is 46.7 Å². The molecule has 4 aromatic rings. The molecule has 1 fully saturated rings. The number of nitrogens with zero attached hydrogens (tertiary/aromatic N) is 5. The second-order valence-corrected chi connectivity index (χ2v) is 12.2. The lowest BCUT2D eigenvalue weighted by Gasteiger charge is -2.34. The molecule has 0 spiro atoms. The normalized spacial score (nSPS) is 19.8. The number of aliphatic hydroxyl groups is 1. The monoisotopic (exact) mass is 671 g/mol. The summed E-state index contributed by atoms with van der Waals surface area (Å²) in [6.07, 6.45) is -3.73. The number of ether oxygens (including phenoxy) is 1. The highest BCUT2D eigenvalue weighted by atomic mass is 79.9. The Balaban J connectivity index is 1.39. The quantitative estimate of drug-likeness (QED) is 0.309. The molecule has 230 valence electrons. The van der Waals surface area contributed by atoms with Gasteiger partial charge in [-0.25, -0.2) is 14.2 Å². The number of amides is 1. The Bertz CT molecular complexity index is 1810. The smallest absolute Gasteiger partial charge is 0.417 e. The second kappa shape index (κ2) is 11.2. The zero-order valence-corrected chi connectivity index (χ0v) is 25.7. The molecule has 44 heavy (non-hydrogen) atoms. The van der Waals surface area contributed by atoms with E-state index in [0.717, 1.165) is 11.8 Å². The first kappa shape index (κ1) is 30.1. The van der Waals surface area contributed by atoms with Gasteiger partial charge in [-0.2, -0.15) is 18.3 Å². The van der Waals surface area contributed by atoms with E-state index in [4.69, 9.17) is 9.72 Å². The lowest BCUT2D eigenvalue weighted by Crippen LogP contribution is -2.46. The molecule has 2 aromatic carbocycles. The highest BCUT2D eigenvalue weighted by Gasteiger charge is 2.36. The van der Waals surface area contributed by atoms with Crippen LogP contribution in [0, 0.1) is 13.8 Å². The first-order valence-electron chi connectivity index (χ1n) is 14.1. The van der Waals surface area contributed by atoms with E-state index in [1.54, 1.807) is 35.9 Å². The van der Waals surface area contributed by atoms with Crippen molar-refractivity contribution >= 4 is 21.8 Å². The highest BCUT2D eigenvalue weighted by Crippen LogP contribution is 2.36. The maximum atomic E-state index is 14.2. The van der Waals surface area contributed by atoms with Gasteiger partial charge in [-0.15, -0.1) is 0 Å². The van der Waals surface area contributed by atoms with Crippen LogP contribution in [-0.4, -0.2) is 53.5 Å². The standard InChI is InChI=1S/C31H29BrF3N5O4/c1-16-10-18(3)40(37-16)30-36-27-15-38(28(42)19-4-9-26(32)25(12-19)31(33,34)35)17(2)11-24(27)29(43)39(30)20-5-7-22(8-6-20)44-23-13-21(41)14-23/h4-10,12,17,21,23,41H,11,13-15H2,1-3H3/t17-,21?,23?/m1/s1. The van der Waals surface area contributed by atoms with Crippen LogP contribution < -0.4 is 10.3 Å². The third-order valence-corrected chi connectivity index (χ3v) is 8.73. The average molecular weight is 673 g/mol. The largest absolute Gasteiger partial charge is 0.490 e. The van der Waals surface area contributed by atoms with E-state index in [0.29, 0.717) is 41.2 Å². The molecule has 9 nitrogen and oxygen atoms in total. The van der Waals surface area contributed by atoms with Crippen LogP contribution in [0.3, 0.4) is 0 Å². The molecule has 0 bridgehead atoms. The Hall–Kier alpha value is -3.97. The zero-order chi connectivity index (χ0) is 31.5. The van der Waals surface area contributed by atoms with Crippen LogP contribution >= 0.6 is 15.9 Å². The maximum absolute atomic E-state index is 14.2. The van der Waals surface area contributed by atoms with Gasteiger partial charge in [-0.05, 0) is 75.7 Å². The average Bonchev–Trinajstić information content (AvgIpc) is 3.29. The topological polar surface area (TPSA) is 102 Å². The van der Waals surface area contributed by atoms with Crippen LogP contribution in [0.15, 0.2) is 57.8 Å². The van der Waals surface area contributed by atoms with E-state index in [2.05, 4.69) is 21.0 Å². The minimum absolute atomic E-state index is 0.0566. The number of carbonyl (C=O) groups is 1. The van der Waals surface area contributed by atoms with Crippen molar-refractivity contribution in [3.63, 3.8) is 0 Å². The summed E-state index contributed by atoms with van der Waals surface area (Å²) >= 11 is 2.92. The number of fused-ring (bicyclic) bond motifs is 1. The van der Waals surface area contributed by atoms with E-state index < -0.39 is 23.7 Å². The van der Waals surface area contributed by atoms with E-state index in [9.17, 15) is 27.9 Å². The van der Waals surface area contributed by atoms with Gasteiger partial charge >= 0.3 is 6.18 Å². The molecule has 2 aliphatic rings. The number of rotatable bonds is 5. The first-order valence-corrected chi connectivity index (χ1v) is 14.9. The van der Waals surface area contributed by atoms with Crippen molar-refractivity contribution in [3.8, 4) is 17.4 Å². The molecule has 1 atom stereocenters. The van der Waals surface area contributed by atoms with Gasteiger partial charge in [0.05, 0.1) is 35.3 Å². The summed E-state index contributed by atoms with van der Waals surface area (Å²) in [5.41, 5.74) is 1.39. The molecule has 6 rings (SSSR count). The fourth-order valence-electron chi connectivity index (χ4n) is 5.67. The summed E-state index contributed by atoms with van der Waals surface area (Å²) in [4.78, 5) is 34.0. The van der Waals surface area contributed by atoms with Gasteiger partial charge in [-0.3, -0.25) is 9.59 Å². The van der Waals surface area contributed by atoms with Crippen LogP contribution in [0.25, 0.3) is 11.6 Å². The summed E-state index contributed by atoms with van der Waals surface area (Å²) in [7, 11) is 0. The molecule has 1 aliphatic heterocycles. The van der Waals surface area contributed by atoms with Crippen molar-refractivity contribution in [1.82, 2.24) is 24.2 Å². The van der Waals surface area contributed by atoms with E-state index in [1.807, 2.05) is 19.9 Å². The van der Waals surface area contributed by atoms with Gasteiger partial charge in [0, 0.05) is 40.2 Å². The van der Waals surface area contributed by atoms with Crippen LogP contribution in [0.4, 0.5) is 13.2 Å². The van der Waals surface area contributed by atoms with Crippen molar-refractivity contribution in [2.24, 2.45) is 0 Å². The molecule has 0 saturated heterocycles. The van der Waals surface area contributed by atoms with E-state index in [1.165, 1.54) is 21.6 Å². The summed E-state index contributed by atoms with van der Waals surface area (Å²) in [6.45, 7) is 5.36. The molecule has 3 heterocycles. The number of hydrogen-bond donors (Lipinski definition) is 1. The fourth-order valence-corrected chi connectivity index (χ4v) is 6.14. The Morgan fingerprint density at radius 3 is 2.41 bits per heavy atom. The number of aromatic nitrogens is 4. The molecular formula is C31H29BrF3N5O4. The lowest BCUT2D eigenvalue weighted by atomic mass is 9.92. The third kappa shape index (κ3) is 5.54. The molecule has 1 aliphatic carbocycles. The number of aryl methyl sites for hydroxylation is 2. The van der Waals surface area contributed by atoms with Crippen LogP contribution in [0.2, 0.25) is 0 Å².